The van der Waals surface area contributed by atoms with E-state index in [-0.39, 0.29) is 44.2 Å². The lowest BCUT2D eigenvalue weighted by Crippen LogP contribution is -2.46. The molecule has 9 nitrogen and oxygen atoms in total. The number of carbonyl (C=O) groups is 3. The quantitative estimate of drug-likeness (QED) is 0.455. The summed E-state index contributed by atoms with van der Waals surface area (Å²) in [4.78, 5) is 38.5. The number of carbonyl (C=O) groups excluding carboxylic acids is 3. The highest BCUT2D eigenvalue weighted by Gasteiger charge is 2.36. The van der Waals surface area contributed by atoms with Crippen LogP contribution < -0.4 is 21.7 Å². The van der Waals surface area contributed by atoms with Crippen LogP contribution in [0.15, 0.2) is 48.5 Å². The Bertz CT molecular complexity index is 1000. The summed E-state index contributed by atoms with van der Waals surface area (Å²) in [6.07, 6.45) is 0.724. The molecule has 0 spiro atoms. The second-order valence-electron chi connectivity index (χ2n) is 8.03. The fourth-order valence-corrected chi connectivity index (χ4v) is 3.98. The molecule has 0 aromatic heterocycles. The summed E-state index contributed by atoms with van der Waals surface area (Å²) < 4.78 is 5.40. The Balaban J connectivity index is 1.59. The van der Waals surface area contributed by atoms with E-state index in [1.165, 1.54) is 0 Å². The lowest BCUT2D eigenvalue weighted by molar-refractivity contribution is -0.120. The lowest BCUT2D eigenvalue weighted by Gasteiger charge is -2.24. The molecule has 2 aromatic rings. The molecular weight excluding hydrogens is 458 g/mol. The van der Waals surface area contributed by atoms with Crippen molar-refractivity contribution in [3.8, 4) is 0 Å². The van der Waals surface area contributed by atoms with Crippen LogP contribution >= 0.6 is 11.6 Å². The Kier molecular flexibility index (Phi) is 9.12. The number of halogens is 1. The van der Waals surface area contributed by atoms with Gasteiger partial charge in [0.15, 0.2) is 0 Å². The Hall–Kier alpha value is -3.30. The molecule has 0 aliphatic carbocycles. The van der Waals surface area contributed by atoms with Gasteiger partial charge in [-0.2, -0.15) is 0 Å². The topological polar surface area (TPSA) is 126 Å². The molecule has 1 aliphatic heterocycles. The molecule has 1 fully saturated rings. The van der Waals surface area contributed by atoms with Crippen molar-refractivity contribution in [1.82, 2.24) is 15.5 Å². The minimum Gasteiger partial charge on any atom is -0.447 e. The number of likely N-dealkylation sites (tertiary alicyclic amines) is 1. The van der Waals surface area contributed by atoms with Crippen molar-refractivity contribution in [2.45, 2.75) is 38.4 Å². The summed E-state index contributed by atoms with van der Waals surface area (Å²) in [5.74, 6) is -0.309. The van der Waals surface area contributed by atoms with E-state index in [1.807, 2.05) is 42.5 Å². The van der Waals surface area contributed by atoms with Crippen molar-refractivity contribution >= 4 is 35.3 Å². The number of urea groups is 1. The van der Waals surface area contributed by atoms with Crippen LogP contribution in [0.2, 0.25) is 5.02 Å². The zero-order valence-electron chi connectivity index (χ0n) is 19.1. The Morgan fingerprint density at radius 2 is 1.88 bits per heavy atom. The first-order valence-electron chi connectivity index (χ1n) is 11.2. The van der Waals surface area contributed by atoms with Gasteiger partial charge in [-0.25, -0.2) is 9.59 Å². The summed E-state index contributed by atoms with van der Waals surface area (Å²) in [5, 5.41) is 8.89. The first-order valence-corrected chi connectivity index (χ1v) is 11.6. The summed E-state index contributed by atoms with van der Waals surface area (Å²) >= 11 is 6.17. The molecule has 2 aromatic carbocycles. The van der Waals surface area contributed by atoms with E-state index in [2.05, 4.69) is 22.9 Å². The predicted octanol–water partition coefficient (Wildman–Crippen LogP) is 2.88. The molecule has 1 aliphatic rings. The fraction of sp³-hybridized carbons (Fsp3) is 0.375. The largest absolute Gasteiger partial charge is 0.447 e. The highest BCUT2D eigenvalue weighted by molar-refractivity contribution is 6.31. The minimum atomic E-state index is -0.616. The van der Waals surface area contributed by atoms with Crippen molar-refractivity contribution < 1.29 is 19.1 Å². The van der Waals surface area contributed by atoms with Crippen LogP contribution in [0, 0.1) is 0 Å². The summed E-state index contributed by atoms with van der Waals surface area (Å²) in [5.41, 5.74) is 7.97. The molecule has 0 radical (unpaired) electrons. The molecular formula is C24H30ClN5O4. The van der Waals surface area contributed by atoms with Gasteiger partial charge in [0.05, 0.1) is 12.6 Å². The number of rotatable bonds is 8. The molecule has 0 saturated carbocycles. The van der Waals surface area contributed by atoms with Crippen LogP contribution in [0.4, 0.5) is 15.3 Å². The zero-order valence-corrected chi connectivity index (χ0v) is 19.8. The molecule has 10 heteroatoms. The first kappa shape index (κ1) is 25.3. The van der Waals surface area contributed by atoms with Gasteiger partial charge in [0.25, 0.3) is 0 Å². The van der Waals surface area contributed by atoms with E-state index >= 15 is 0 Å². The SMILES string of the molecule is CCc1ccc(NC(=O)OC[C@@H]2C[C@@H](NC(=O)CN)CN2C(=O)NCc2ccccc2Cl)cc1. The smallest absolute Gasteiger partial charge is 0.411 e. The minimum absolute atomic E-state index is 0.0205. The third kappa shape index (κ3) is 7.10. The van der Waals surface area contributed by atoms with Gasteiger partial charge in [-0.3, -0.25) is 10.1 Å². The van der Waals surface area contributed by atoms with Crippen LogP contribution in [0.5, 0.6) is 0 Å². The Morgan fingerprint density at radius 3 is 2.56 bits per heavy atom. The van der Waals surface area contributed by atoms with Crippen molar-refractivity contribution in [1.29, 1.82) is 0 Å². The van der Waals surface area contributed by atoms with E-state index in [9.17, 15) is 14.4 Å². The molecule has 0 unspecified atom stereocenters. The van der Waals surface area contributed by atoms with Gasteiger partial charge in [0.1, 0.15) is 6.61 Å². The number of hydrogen-bond acceptors (Lipinski definition) is 5. The van der Waals surface area contributed by atoms with Gasteiger partial charge in [-0.15, -0.1) is 0 Å². The molecule has 182 valence electrons. The van der Waals surface area contributed by atoms with Crippen molar-refractivity contribution in [2.24, 2.45) is 5.73 Å². The number of nitrogens with two attached hydrogens (primary N) is 1. The Morgan fingerprint density at radius 1 is 1.15 bits per heavy atom. The molecule has 4 amide bonds. The highest BCUT2D eigenvalue weighted by Crippen LogP contribution is 2.20. The molecule has 34 heavy (non-hydrogen) atoms. The summed E-state index contributed by atoms with van der Waals surface area (Å²) in [7, 11) is 0. The van der Waals surface area contributed by atoms with E-state index in [4.69, 9.17) is 22.1 Å². The number of amides is 4. The van der Waals surface area contributed by atoms with Gasteiger partial charge in [-0.05, 0) is 42.2 Å². The van der Waals surface area contributed by atoms with Gasteiger partial charge in [-0.1, -0.05) is 48.9 Å². The normalized spacial score (nSPS) is 17.2. The third-order valence-electron chi connectivity index (χ3n) is 5.63. The zero-order chi connectivity index (χ0) is 24.5. The van der Waals surface area contributed by atoms with Crippen LogP contribution in [0.1, 0.15) is 24.5 Å². The fourth-order valence-electron chi connectivity index (χ4n) is 3.78. The van der Waals surface area contributed by atoms with Gasteiger partial charge in [0.2, 0.25) is 5.91 Å². The second kappa shape index (κ2) is 12.2. The van der Waals surface area contributed by atoms with Crippen LogP contribution in [-0.4, -0.2) is 54.7 Å². The van der Waals surface area contributed by atoms with Crippen LogP contribution in [-0.2, 0) is 22.5 Å². The van der Waals surface area contributed by atoms with Gasteiger partial charge >= 0.3 is 12.1 Å². The third-order valence-corrected chi connectivity index (χ3v) is 6.00. The van der Waals surface area contributed by atoms with E-state index in [0.717, 1.165) is 17.5 Å². The predicted molar refractivity (Wildman–Crippen MR) is 131 cm³/mol. The number of benzene rings is 2. The maximum Gasteiger partial charge on any atom is 0.411 e. The van der Waals surface area contributed by atoms with Crippen LogP contribution in [0.3, 0.4) is 0 Å². The number of ether oxygens (including phenoxy) is 1. The Labute approximate surface area is 204 Å². The average molecular weight is 488 g/mol. The van der Waals surface area contributed by atoms with Gasteiger partial charge < -0.3 is 26.0 Å². The number of hydrogen-bond donors (Lipinski definition) is 4. The maximum atomic E-state index is 12.9. The highest BCUT2D eigenvalue weighted by atomic mass is 35.5. The number of anilines is 1. The van der Waals surface area contributed by atoms with Gasteiger partial charge in [0, 0.05) is 29.8 Å². The number of aryl methyl sites for hydroxylation is 1. The molecule has 0 bridgehead atoms. The number of nitrogens with zero attached hydrogens (tertiary/aromatic N) is 1. The molecule has 1 saturated heterocycles. The van der Waals surface area contributed by atoms with E-state index in [1.54, 1.807) is 11.0 Å². The van der Waals surface area contributed by atoms with Crippen molar-refractivity contribution in [3.05, 3.63) is 64.7 Å². The van der Waals surface area contributed by atoms with Crippen molar-refractivity contribution in [2.75, 3.05) is 25.0 Å². The molecule has 5 N–H and O–H groups in total. The first-order chi connectivity index (χ1) is 16.4. The summed E-state index contributed by atoms with van der Waals surface area (Å²) in [6, 6.07) is 13.7. The second-order valence-corrected chi connectivity index (χ2v) is 8.44. The van der Waals surface area contributed by atoms with E-state index in [0.29, 0.717) is 17.1 Å². The van der Waals surface area contributed by atoms with Crippen LogP contribution in [0.25, 0.3) is 0 Å². The molecule has 3 rings (SSSR count). The maximum absolute atomic E-state index is 12.9. The van der Waals surface area contributed by atoms with Crippen molar-refractivity contribution in [3.63, 3.8) is 0 Å². The van der Waals surface area contributed by atoms with E-state index < -0.39 is 12.1 Å². The standard InChI is InChI=1S/C24H30ClN5O4/c1-2-16-7-9-18(10-8-16)29-24(33)34-15-20-11-19(28-22(31)12-26)14-30(20)23(32)27-13-17-5-3-4-6-21(17)25/h3-10,19-20H,2,11-15,26H2,1H3,(H,27,32)(H,28,31)(H,29,33)/t19-,20+/m1/s1. The number of nitrogens with one attached hydrogen (secondary N) is 3. The molecule has 1 heterocycles. The summed E-state index contributed by atoms with van der Waals surface area (Å²) in [6.45, 7) is 2.41. The monoisotopic (exact) mass is 487 g/mol. The lowest BCUT2D eigenvalue weighted by atomic mass is 10.1. The average Bonchev–Trinajstić information content (AvgIpc) is 3.25. The molecule has 2 atom stereocenters.